The molecular formula is C15H24N2O. The van der Waals surface area contributed by atoms with Gasteiger partial charge in [-0.1, -0.05) is 12.1 Å². The van der Waals surface area contributed by atoms with Gasteiger partial charge in [0.2, 0.25) is 0 Å². The summed E-state index contributed by atoms with van der Waals surface area (Å²) in [6.07, 6.45) is 0. The zero-order chi connectivity index (χ0) is 13.1. The third-order valence-electron chi connectivity index (χ3n) is 3.58. The Bertz CT molecular complexity index is 394. The highest BCUT2D eigenvalue weighted by Gasteiger charge is 2.16. The monoisotopic (exact) mass is 248 g/mol. The summed E-state index contributed by atoms with van der Waals surface area (Å²) in [7, 11) is 1.74. The Morgan fingerprint density at radius 2 is 2.00 bits per heavy atom. The minimum Gasteiger partial charge on any atom is -0.496 e. The van der Waals surface area contributed by atoms with E-state index in [9.17, 15) is 0 Å². The lowest BCUT2D eigenvalue weighted by Gasteiger charge is -2.32. The Hall–Kier alpha value is -1.06. The van der Waals surface area contributed by atoms with Crippen LogP contribution in [0.2, 0.25) is 0 Å². The van der Waals surface area contributed by atoms with Crippen molar-refractivity contribution in [1.82, 2.24) is 10.2 Å². The first-order valence-electron chi connectivity index (χ1n) is 6.70. The lowest BCUT2D eigenvalue weighted by atomic mass is 10.0. The van der Waals surface area contributed by atoms with Crippen molar-refractivity contribution >= 4 is 0 Å². The topological polar surface area (TPSA) is 24.5 Å². The highest BCUT2D eigenvalue weighted by atomic mass is 16.5. The van der Waals surface area contributed by atoms with Crippen molar-refractivity contribution in [3.63, 3.8) is 0 Å². The lowest BCUT2D eigenvalue weighted by molar-refractivity contribution is 0.199. The quantitative estimate of drug-likeness (QED) is 0.886. The summed E-state index contributed by atoms with van der Waals surface area (Å²) in [4.78, 5) is 2.52. The van der Waals surface area contributed by atoms with Gasteiger partial charge in [-0.15, -0.1) is 0 Å². The van der Waals surface area contributed by atoms with Gasteiger partial charge in [-0.05, 0) is 37.5 Å². The fraction of sp³-hybridized carbons (Fsp3) is 0.600. The molecule has 1 aromatic rings. The molecule has 0 bridgehead atoms. The van der Waals surface area contributed by atoms with E-state index in [0.29, 0.717) is 6.04 Å². The summed E-state index contributed by atoms with van der Waals surface area (Å²) >= 11 is 0. The van der Waals surface area contributed by atoms with Crippen molar-refractivity contribution in [1.29, 1.82) is 0 Å². The molecule has 0 radical (unpaired) electrons. The second-order valence-electron chi connectivity index (χ2n) is 5.35. The van der Waals surface area contributed by atoms with Gasteiger partial charge in [0, 0.05) is 32.2 Å². The Balaban J connectivity index is 2.09. The van der Waals surface area contributed by atoms with Crippen LogP contribution in [0.15, 0.2) is 12.1 Å². The summed E-state index contributed by atoms with van der Waals surface area (Å²) in [5, 5.41) is 3.48. The second kappa shape index (κ2) is 5.72. The first-order chi connectivity index (χ1) is 8.60. The predicted molar refractivity (Wildman–Crippen MR) is 75.2 cm³/mol. The molecule has 0 spiro atoms. The van der Waals surface area contributed by atoms with E-state index in [4.69, 9.17) is 4.74 Å². The summed E-state index contributed by atoms with van der Waals surface area (Å²) < 4.78 is 5.41. The summed E-state index contributed by atoms with van der Waals surface area (Å²) in [6, 6.07) is 5.09. The van der Waals surface area contributed by atoms with Crippen LogP contribution >= 0.6 is 0 Å². The van der Waals surface area contributed by atoms with Gasteiger partial charge in [0.1, 0.15) is 5.75 Å². The van der Waals surface area contributed by atoms with Crippen LogP contribution in [0.5, 0.6) is 5.75 Å². The van der Waals surface area contributed by atoms with Crippen LogP contribution in [0.3, 0.4) is 0 Å². The number of hydrogen-bond acceptors (Lipinski definition) is 3. The number of aryl methyl sites for hydroxylation is 2. The fourth-order valence-corrected chi connectivity index (χ4v) is 2.87. The minimum absolute atomic E-state index is 0.596. The van der Waals surface area contributed by atoms with Crippen molar-refractivity contribution in [3.8, 4) is 5.75 Å². The van der Waals surface area contributed by atoms with Gasteiger partial charge in [0.15, 0.2) is 0 Å². The molecule has 3 heteroatoms. The molecule has 0 aliphatic carbocycles. The molecule has 1 saturated heterocycles. The molecule has 1 atom stereocenters. The number of nitrogens with one attached hydrogen (secondary N) is 1. The number of ether oxygens (including phenoxy) is 1. The van der Waals surface area contributed by atoms with Crippen LogP contribution in [0.1, 0.15) is 23.6 Å². The van der Waals surface area contributed by atoms with E-state index in [2.05, 4.69) is 43.1 Å². The molecule has 3 nitrogen and oxygen atoms in total. The minimum atomic E-state index is 0.596. The molecule has 1 aliphatic rings. The van der Waals surface area contributed by atoms with E-state index in [-0.39, 0.29) is 0 Å². The number of rotatable bonds is 3. The number of nitrogens with zero attached hydrogens (tertiary/aromatic N) is 1. The lowest BCUT2D eigenvalue weighted by Crippen LogP contribution is -2.48. The van der Waals surface area contributed by atoms with Crippen molar-refractivity contribution in [2.24, 2.45) is 0 Å². The fourth-order valence-electron chi connectivity index (χ4n) is 2.87. The van der Waals surface area contributed by atoms with Crippen LogP contribution in [0.25, 0.3) is 0 Å². The zero-order valence-corrected chi connectivity index (χ0v) is 11.9. The Labute approximate surface area is 110 Å². The average molecular weight is 248 g/mol. The maximum atomic E-state index is 5.41. The largest absolute Gasteiger partial charge is 0.496 e. The second-order valence-corrected chi connectivity index (χ2v) is 5.35. The van der Waals surface area contributed by atoms with E-state index in [1.165, 1.54) is 16.7 Å². The van der Waals surface area contributed by atoms with E-state index in [1.807, 2.05) is 0 Å². The van der Waals surface area contributed by atoms with E-state index >= 15 is 0 Å². The average Bonchev–Trinajstić information content (AvgIpc) is 2.28. The molecule has 0 unspecified atom stereocenters. The third-order valence-corrected chi connectivity index (χ3v) is 3.58. The number of piperazine rings is 1. The SMILES string of the molecule is COc1c(C)cc(CN2CCN[C@H](C)C2)cc1C. The smallest absolute Gasteiger partial charge is 0.124 e. The van der Waals surface area contributed by atoms with Crippen LogP contribution in [0.4, 0.5) is 0 Å². The van der Waals surface area contributed by atoms with Crippen molar-refractivity contribution < 1.29 is 4.74 Å². The molecule has 0 amide bonds. The molecule has 1 aliphatic heterocycles. The summed E-state index contributed by atoms with van der Waals surface area (Å²) in [6.45, 7) is 10.9. The van der Waals surface area contributed by atoms with Crippen LogP contribution < -0.4 is 10.1 Å². The maximum absolute atomic E-state index is 5.41. The van der Waals surface area contributed by atoms with Gasteiger partial charge in [0.05, 0.1) is 7.11 Å². The van der Waals surface area contributed by atoms with E-state index in [0.717, 1.165) is 31.9 Å². The predicted octanol–water partition coefficient (Wildman–Crippen LogP) is 2.11. The Morgan fingerprint density at radius 3 is 2.56 bits per heavy atom. The molecule has 0 saturated carbocycles. The van der Waals surface area contributed by atoms with Crippen molar-refractivity contribution in [2.45, 2.75) is 33.4 Å². The normalized spacial score (nSPS) is 21.0. The number of hydrogen-bond donors (Lipinski definition) is 1. The molecular weight excluding hydrogens is 224 g/mol. The standard InChI is InChI=1S/C15H24N2O/c1-11-7-14(8-12(2)15(11)18-4)10-17-6-5-16-13(3)9-17/h7-8,13,16H,5-6,9-10H2,1-4H3/t13-/m1/s1. The Morgan fingerprint density at radius 1 is 1.33 bits per heavy atom. The number of benzene rings is 1. The molecule has 18 heavy (non-hydrogen) atoms. The first kappa shape index (κ1) is 13.4. The molecule has 1 fully saturated rings. The van der Waals surface area contributed by atoms with Crippen molar-refractivity contribution in [3.05, 3.63) is 28.8 Å². The molecule has 0 aromatic heterocycles. The van der Waals surface area contributed by atoms with Crippen LogP contribution in [0, 0.1) is 13.8 Å². The van der Waals surface area contributed by atoms with Gasteiger partial charge in [-0.25, -0.2) is 0 Å². The van der Waals surface area contributed by atoms with Gasteiger partial charge in [-0.3, -0.25) is 4.90 Å². The highest BCUT2D eigenvalue weighted by Crippen LogP contribution is 2.25. The van der Waals surface area contributed by atoms with Gasteiger partial charge >= 0.3 is 0 Å². The van der Waals surface area contributed by atoms with Crippen LogP contribution in [-0.2, 0) is 6.54 Å². The number of methoxy groups -OCH3 is 1. The highest BCUT2D eigenvalue weighted by molar-refractivity contribution is 5.43. The maximum Gasteiger partial charge on any atom is 0.124 e. The van der Waals surface area contributed by atoms with Gasteiger partial charge in [-0.2, -0.15) is 0 Å². The van der Waals surface area contributed by atoms with Crippen molar-refractivity contribution in [2.75, 3.05) is 26.7 Å². The summed E-state index contributed by atoms with van der Waals surface area (Å²) in [5.74, 6) is 1.02. The Kier molecular flexibility index (Phi) is 4.25. The molecule has 1 N–H and O–H groups in total. The van der Waals surface area contributed by atoms with Crippen LogP contribution in [-0.4, -0.2) is 37.7 Å². The molecule has 1 heterocycles. The van der Waals surface area contributed by atoms with E-state index < -0.39 is 0 Å². The third kappa shape index (κ3) is 3.03. The van der Waals surface area contributed by atoms with Gasteiger partial charge in [0.25, 0.3) is 0 Å². The first-order valence-corrected chi connectivity index (χ1v) is 6.70. The zero-order valence-electron chi connectivity index (χ0n) is 11.9. The van der Waals surface area contributed by atoms with Gasteiger partial charge < -0.3 is 10.1 Å². The molecule has 2 rings (SSSR count). The molecule has 1 aromatic carbocycles. The summed E-state index contributed by atoms with van der Waals surface area (Å²) in [5.41, 5.74) is 3.85. The molecule has 100 valence electrons. The van der Waals surface area contributed by atoms with E-state index in [1.54, 1.807) is 7.11 Å².